The number of imide groups is 1. The molecule has 2 rings (SSSR count). The Morgan fingerprint density at radius 1 is 1.09 bits per heavy atom. The van der Waals surface area contributed by atoms with Crippen LogP contribution in [0.4, 0.5) is 0 Å². The predicted octanol–water partition coefficient (Wildman–Crippen LogP) is 1.96. The van der Waals surface area contributed by atoms with E-state index in [1.165, 1.54) is 11.8 Å². The van der Waals surface area contributed by atoms with Gasteiger partial charge in [0.25, 0.3) is 0 Å². The van der Waals surface area contributed by atoms with E-state index in [2.05, 4.69) is 5.32 Å². The summed E-state index contributed by atoms with van der Waals surface area (Å²) in [5.41, 5.74) is 0.977. The number of carbonyl (C=O) groups is 3. The molecular formula is C17H22N2O3S. The molecule has 0 aliphatic carbocycles. The molecule has 3 amide bonds. The molecule has 2 atom stereocenters. The first-order chi connectivity index (χ1) is 11.1. The Morgan fingerprint density at radius 3 is 2.17 bits per heavy atom. The van der Waals surface area contributed by atoms with Gasteiger partial charge < -0.3 is 5.32 Å². The lowest BCUT2D eigenvalue weighted by Crippen LogP contribution is -2.54. The molecule has 0 spiro atoms. The maximum Gasteiger partial charge on any atom is 0.242 e. The minimum Gasteiger partial charge on any atom is -0.350 e. The van der Waals surface area contributed by atoms with Crippen molar-refractivity contribution in [1.82, 2.24) is 10.2 Å². The third-order valence-corrected chi connectivity index (χ3v) is 5.51. The van der Waals surface area contributed by atoms with Crippen LogP contribution in [-0.4, -0.2) is 39.7 Å². The highest BCUT2D eigenvalue weighted by Gasteiger charge is 2.40. The summed E-state index contributed by atoms with van der Waals surface area (Å²) in [5, 5.41) is 2.29. The van der Waals surface area contributed by atoms with Gasteiger partial charge in [0.15, 0.2) is 0 Å². The number of rotatable bonds is 6. The number of hydrogen-bond donors (Lipinski definition) is 1. The summed E-state index contributed by atoms with van der Waals surface area (Å²) in [4.78, 5) is 37.9. The molecule has 1 aromatic rings. The number of amides is 3. The van der Waals surface area contributed by atoms with Crippen molar-refractivity contribution in [1.29, 1.82) is 0 Å². The molecule has 1 fully saturated rings. The predicted molar refractivity (Wildman–Crippen MR) is 90.8 cm³/mol. The van der Waals surface area contributed by atoms with Crippen LogP contribution in [0.25, 0.3) is 0 Å². The van der Waals surface area contributed by atoms with Gasteiger partial charge in [-0.15, -0.1) is 11.8 Å². The highest BCUT2D eigenvalue weighted by atomic mass is 32.2. The minimum atomic E-state index is -0.313. The van der Waals surface area contributed by atoms with Gasteiger partial charge in [-0.25, -0.2) is 0 Å². The summed E-state index contributed by atoms with van der Waals surface area (Å²) >= 11 is 1.42. The van der Waals surface area contributed by atoms with Gasteiger partial charge in [-0.3, -0.25) is 19.3 Å². The van der Waals surface area contributed by atoms with Crippen molar-refractivity contribution in [3.05, 3.63) is 35.9 Å². The molecule has 2 unspecified atom stereocenters. The van der Waals surface area contributed by atoms with Crippen molar-refractivity contribution >= 4 is 29.5 Å². The summed E-state index contributed by atoms with van der Waals surface area (Å²) in [5.74, 6) is -0.809. The van der Waals surface area contributed by atoms with Crippen LogP contribution in [-0.2, 0) is 20.9 Å². The Bertz CT molecular complexity index is 554. The normalized spacial score (nSPS) is 21.4. The van der Waals surface area contributed by atoms with Gasteiger partial charge in [0.05, 0.1) is 10.5 Å². The second kappa shape index (κ2) is 8.15. The molecule has 0 bridgehead atoms. The van der Waals surface area contributed by atoms with Crippen molar-refractivity contribution < 1.29 is 14.4 Å². The topological polar surface area (TPSA) is 66.5 Å². The molecule has 23 heavy (non-hydrogen) atoms. The molecule has 6 heteroatoms. The number of hydrogen-bond acceptors (Lipinski definition) is 4. The Hall–Kier alpha value is -1.82. The van der Waals surface area contributed by atoms with E-state index in [9.17, 15) is 14.4 Å². The van der Waals surface area contributed by atoms with Crippen molar-refractivity contribution in [2.45, 2.75) is 43.7 Å². The van der Waals surface area contributed by atoms with Crippen LogP contribution in [0.5, 0.6) is 0 Å². The number of carbonyl (C=O) groups excluding carboxylic acids is 3. The van der Waals surface area contributed by atoms with E-state index in [1.807, 2.05) is 44.2 Å². The minimum absolute atomic E-state index is 0.196. The highest BCUT2D eigenvalue weighted by molar-refractivity contribution is 8.02. The van der Waals surface area contributed by atoms with Gasteiger partial charge in [0.1, 0.15) is 6.54 Å². The zero-order chi connectivity index (χ0) is 16.8. The summed E-state index contributed by atoms with van der Waals surface area (Å²) in [7, 11) is 0. The van der Waals surface area contributed by atoms with Gasteiger partial charge >= 0.3 is 0 Å². The van der Waals surface area contributed by atoms with E-state index < -0.39 is 0 Å². The number of nitrogens with one attached hydrogen (secondary N) is 1. The molecule has 1 N–H and O–H groups in total. The highest BCUT2D eigenvalue weighted by Crippen LogP contribution is 2.31. The van der Waals surface area contributed by atoms with Crippen molar-refractivity contribution in [3.8, 4) is 0 Å². The van der Waals surface area contributed by atoms with Crippen molar-refractivity contribution in [2.75, 3.05) is 6.54 Å². The molecular weight excluding hydrogens is 312 g/mol. The van der Waals surface area contributed by atoms with E-state index in [0.29, 0.717) is 19.4 Å². The van der Waals surface area contributed by atoms with Crippen LogP contribution >= 0.6 is 11.8 Å². The van der Waals surface area contributed by atoms with Crippen molar-refractivity contribution in [2.24, 2.45) is 0 Å². The van der Waals surface area contributed by atoms with Crippen LogP contribution in [0, 0.1) is 0 Å². The molecule has 0 aromatic heterocycles. The standard InChI is InChI=1S/C17H22N2O3S/c1-3-13-16(21)19(17(22)14(4-2)23-13)11-15(20)18-10-12-8-6-5-7-9-12/h5-9,13-14H,3-4,10-11H2,1-2H3,(H,18,20). The second-order valence-corrected chi connectivity index (χ2v) is 6.87. The molecule has 0 radical (unpaired) electrons. The molecule has 1 saturated heterocycles. The van der Waals surface area contributed by atoms with Gasteiger partial charge in [0.2, 0.25) is 17.7 Å². The first kappa shape index (κ1) is 17.5. The second-order valence-electron chi connectivity index (χ2n) is 5.45. The van der Waals surface area contributed by atoms with Gasteiger partial charge in [-0.05, 0) is 18.4 Å². The molecule has 1 heterocycles. The van der Waals surface area contributed by atoms with Crippen LogP contribution < -0.4 is 5.32 Å². The van der Waals surface area contributed by atoms with Gasteiger partial charge in [-0.2, -0.15) is 0 Å². The van der Waals surface area contributed by atoms with E-state index in [4.69, 9.17) is 0 Å². The van der Waals surface area contributed by atoms with Gasteiger partial charge in [0, 0.05) is 6.54 Å². The first-order valence-electron chi connectivity index (χ1n) is 7.88. The summed E-state index contributed by atoms with van der Waals surface area (Å²) in [6, 6.07) is 9.52. The quantitative estimate of drug-likeness (QED) is 0.808. The molecule has 124 valence electrons. The Labute approximate surface area is 140 Å². The Morgan fingerprint density at radius 2 is 1.65 bits per heavy atom. The Kier molecular flexibility index (Phi) is 6.21. The fourth-order valence-corrected chi connectivity index (χ4v) is 3.73. The lowest BCUT2D eigenvalue weighted by molar-refractivity contribution is -0.148. The maximum atomic E-state index is 12.3. The van der Waals surface area contributed by atoms with E-state index in [1.54, 1.807) is 0 Å². The van der Waals surface area contributed by atoms with Crippen LogP contribution in [0.3, 0.4) is 0 Å². The van der Waals surface area contributed by atoms with Crippen LogP contribution in [0.15, 0.2) is 30.3 Å². The largest absolute Gasteiger partial charge is 0.350 e. The summed E-state index contributed by atoms with van der Waals surface area (Å²) < 4.78 is 0. The zero-order valence-corrected chi connectivity index (χ0v) is 14.3. The molecule has 1 aliphatic rings. The average molecular weight is 334 g/mol. The fraction of sp³-hybridized carbons (Fsp3) is 0.471. The average Bonchev–Trinajstić information content (AvgIpc) is 2.58. The number of benzene rings is 1. The van der Waals surface area contributed by atoms with E-state index in [0.717, 1.165) is 10.5 Å². The molecule has 5 nitrogen and oxygen atoms in total. The summed E-state index contributed by atoms with van der Waals surface area (Å²) in [6.07, 6.45) is 1.32. The fourth-order valence-electron chi connectivity index (χ4n) is 2.46. The third kappa shape index (κ3) is 4.34. The molecule has 0 saturated carbocycles. The lowest BCUT2D eigenvalue weighted by atomic mass is 10.2. The third-order valence-electron chi connectivity index (χ3n) is 3.79. The number of thioether (sulfide) groups is 1. The van der Waals surface area contributed by atoms with Crippen LogP contribution in [0.2, 0.25) is 0 Å². The lowest BCUT2D eigenvalue weighted by Gasteiger charge is -2.34. The van der Waals surface area contributed by atoms with E-state index >= 15 is 0 Å². The van der Waals surface area contributed by atoms with Crippen LogP contribution in [0.1, 0.15) is 32.3 Å². The SMILES string of the molecule is CCC1SC(CC)C(=O)N(CC(=O)NCc2ccccc2)C1=O. The molecule has 1 aromatic carbocycles. The number of nitrogens with zero attached hydrogens (tertiary/aromatic N) is 1. The molecule has 1 aliphatic heterocycles. The van der Waals surface area contributed by atoms with Crippen molar-refractivity contribution in [3.63, 3.8) is 0 Å². The summed E-state index contributed by atoms with van der Waals surface area (Å²) in [6.45, 7) is 4.04. The van der Waals surface area contributed by atoms with Gasteiger partial charge in [-0.1, -0.05) is 44.2 Å². The monoisotopic (exact) mass is 334 g/mol. The Balaban J connectivity index is 1.97. The maximum absolute atomic E-state index is 12.3. The zero-order valence-electron chi connectivity index (χ0n) is 13.5. The first-order valence-corrected chi connectivity index (χ1v) is 8.82. The smallest absolute Gasteiger partial charge is 0.242 e. The van der Waals surface area contributed by atoms with E-state index in [-0.39, 0.29) is 34.8 Å².